The van der Waals surface area contributed by atoms with Crippen molar-refractivity contribution in [3.8, 4) is 0 Å². The van der Waals surface area contributed by atoms with Crippen molar-refractivity contribution in [2.75, 3.05) is 12.8 Å². The molecule has 0 bridgehead atoms. The van der Waals surface area contributed by atoms with E-state index < -0.39 is 21.2 Å². The van der Waals surface area contributed by atoms with Gasteiger partial charge in [-0.15, -0.1) is 0 Å². The van der Waals surface area contributed by atoms with Crippen LogP contribution in [0, 0.1) is 0 Å². The molecule has 0 saturated carbocycles. The molecule has 1 aliphatic rings. The molecule has 17 heavy (non-hydrogen) atoms. The van der Waals surface area contributed by atoms with Gasteiger partial charge in [0, 0.05) is 12.8 Å². The second kappa shape index (κ2) is 4.35. The molecule has 1 aliphatic heterocycles. The van der Waals surface area contributed by atoms with Crippen molar-refractivity contribution >= 4 is 9.84 Å². The highest BCUT2D eigenvalue weighted by atomic mass is 32.2. The molecule has 0 spiro atoms. The molecule has 7 nitrogen and oxygen atoms in total. The first-order chi connectivity index (χ1) is 7.88. The quantitative estimate of drug-likeness (QED) is 0.760. The highest BCUT2D eigenvalue weighted by Crippen LogP contribution is 2.24. The van der Waals surface area contributed by atoms with Crippen LogP contribution < -0.4 is 5.32 Å². The van der Waals surface area contributed by atoms with Crippen LogP contribution in [0.4, 0.5) is 0 Å². The number of hydrogen-bond acceptors (Lipinski definition) is 7. The van der Waals surface area contributed by atoms with Crippen molar-refractivity contribution in [3.05, 3.63) is 11.7 Å². The maximum Gasteiger partial charge on any atom is 0.243 e. The SMILES string of the molecule is CC(c1noc([C@@H]2C[C@@H](O)CN2)n1)S(C)(=O)=O. The Morgan fingerprint density at radius 1 is 1.59 bits per heavy atom. The summed E-state index contributed by atoms with van der Waals surface area (Å²) in [5.41, 5.74) is 0. The van der Waals surface area contributed by atoms with Crippen molar-refractivity contribution in [1.29, 1.82) is 0 Å². The van der Waals surface area contributed by atoms with Gasteiger partial charge in [0.15, 0.2) is 15.7 Å². The Hall–Kier alpha value is -0.990. The smallest absolute Gasteiger partial charge is 0.243 e. The molecular formula is C9H15N3O4S. The van der Waals surface area contributed by atoms with Gasteiger partial charge in [0.1, 0.15) is 5.25 Å². The van der Waals surface area contributed by atoms with Crippen LogP contribution in [-0.4, -0.2) is 42.6 Å². The topological polar surface area (TPSA) is 105 Å². The number of aliphatic hydroxyl groups excluding tert-OH is 1. The minimum Gasteiger partial charge on any atom is -0.392 e. The van der Waals surface area contributed by atoms with Crippen molar-refractivity contribution in [3.63, 3.8) is 0 Å². The molecule has 3 atom stereocenters. The maximum atomic E-state index is 11.3. The summed E-state index contributed by atoms with van der Waals surface area (Å²) in [6.45, 7) is 1.99. The number of nitrogens with one attached hydrogen (secondary N) is 1. The van der Waals surface area contributed by atoms with Gasteiger partial charge in [-0.05, 0) is 13.3 Å². The molecule has 2 rings (SSSR count). The van der Waals surface area contributed by atoms with Crippen molar-refractivity contribution in [2.45, 2.75) is 30.7 Å². The third-order valence-corrected chi connectivity index (χ3v) is 4.36. The summed E-state index contributed by atoms with van der Waals surface area (Å²) in [6.07, 6.45) is 1.20. The first kappa shape index (κ1) is 12.5. The minimum absolute atomic E-state index is 0.158. The van der Waals surface area contributed by atoms with Crippen LogP contribution in [0.5, 0.6) is 0 Å². The van der Waals surface area contributed by atoms with Crippen molar-refractivity contribution in [1.82, 2.24) is 15.5 Å². The average molecular weight is 261 g/mol. The predicted molar refractivity (Wildman–Crippen MR) is 58.9 cm³/mol. The highest BCUT2D eigenvalue weighted by Gasteiger charge is 2.30. The third kappa shape index (κ3) is 2.64. The first-order valence-corrected chi connectivity index (χ1v) is 7.27. The van der Waals surface area contributed by atoms with Crippen LogP contribution in [0.1, 0.15) is 36.4 Å². The molecule has 1 unspecified atom stereocenters. The monoisotopic (exact) mass is 261 g/mol. The molecule has 1 fully saturated rings. The van der Waals surface area contributed by atoms with Gasteiger partial charge in [0.2, 0.25) is 5.89 Å². The zero-order valence-electron chi connectivity index (χ0n) is 9.62. The van der Waals surface area contributed by atoms with Gasteiger partial charge in [0.05, 0.1) is 12.1 Å². The van der Waals surface area contributed by atoms with Gasteiger partial charge >= 0.3 is 0 Å². The summed E-state index contributed by atoms with van der Waals surface area (Å²) in [5, 5.41) is 15.3. The normalized spacial score (nSPS) is 27.2. The minimum atomic E-state index is -3.23. The Labute approximate surface area is 99.1 Å². The van der Waals surface area contributed by atoms with E-state index in [4.69, 9.17) is 4.52 Å². The summed E-state index contributed by atoms with van der Waals surface area (Å²) in [7, 11) is -3.23. The fraction of sp³-hybridized carbons (Fsp3) is 0.778. The molecule has 1 aromatic rings. The molecule has 1 aromatic heterocycles. The van der Waals surface area contributed by atoms with E-state index in [1.165, 1.54) is 6.92 Å². The summed E-state index contributed by atoms with van der Waals surface area (Å²) >= 11 is 0. The molecule has 2 N–H and O–H groups in total. The zero-order valence-corrected chi connectivity index (χ0v) is 10.4. The standard InChI is InChI=1S/C9H15N3O4S/c1-5(17(2,14)15)8-11-9(16-12-8)7-3-6(13)4-10-7/h5-7,10,13H,3-4H2,1-2H3/t5?,6-,7+/m1/s1. The van der Waals surface area contributed by atoms with Gasteiger partial charge in [-0.2, -0.15) is 4.98 Å². The Kier molecular flexibility index (Phi) is 3.19. The highest BCUT2D eigenvalue weighted by molar-refractivity contribution is 7.90. The van der Waals surface area contributed by atoms with Crippen LogP contribution in [0.2, 0.25) is 0 Å². The van der Waals surface area contributed by atoms with Crippen molar-refractivity contribution in [2.24, 2.45) is 0 Å². The third-order valence-electron chi connectivity index (χ3n) is 2.87. The van der Waals surface area contributed by atoms with Gasteiger partial charge in [0.25, 0.3) is 0 Å². The van der Waals surface area contributed by atoms with Crippen LogP contribution >= 0.6 is 0 Å². The summed E-state index contributed by atoms with van der Waals surface area (Å²) in [5.74, 6) is 0.484. The lowest BCUT2D eigenvalue weighted by Gasteiger charge is -2.03. The number of sulfone groups is 1. The number of hydrogen-bond donors (Lipinski definition) is 2. The molecule has 8 heteroatoms. The molecule has 0 radical (unpaired) electrons. The fourth-order valence-electron chi connectivity index (χ4n) is 1.65. The summed E-state index contributed by atoms with van der Waals surface area (Å²) in [4.78, 5) is 4.06. The lowest BCUT2D eigenvalue weighted by atomic mass is 10.2. The first-order valence-electron chi connectivity index (χ1n) is 5.31. The molecule has 0 aliphatic carbocycles. The van der Waals surface area contributed by atoms with Gasteiger partial charge in [-0.3, -0.25) is 0 Å². The Morgan fingerprint density at radius 2 is 2.29 bits per heavy atom. The van der Waals surface area contributed by atoms with Crippen LogP contribution in [-0.2, 0) is 9.84 Å². The largest absolute Gasteiger partial charge is 0.392 e. The summed E-state index contributed by atoms with van der Waals surface area (Å²) < 4.78 is 27.7. The average Bonchev–Trinajstić information content (AvgIpc) is 2.83. The molecule has 0 amide bonds. The van der Waals surface area contributed by atoms with E-state index in [1.807, 2.05) is 0 Å². The van der Waals surface area contributed by atoms with Gasteiger partial charge < -0.3 is 14.9 Å². The van der Waals surface area contributed by atoms with E-state index in [2.05, 4.69) is 15.5 Å². The number of rotatable bonds is 3. The maximum absolute atomic E-state index is 11.3. The lowest BCUT2D eigenvalue weighted by molar-refractivity contribution is 0.191. The Morgan fingerprint density at radius 3 is 2.82 bits per heavy atom. The van der Waals surface area contributed by atoms with E-state index in [9.17, 15) is 13.5 Å². The van der Waals surface area contributed by atoms with Gasteiger partial charge in [-0.1, -0.05) is 5.16 Å². The lowest BCUT2D eigenvalue weighted by Crippen LogP contribution is -2.15. The van der Waals surface area contributed by atoms with E-state index in [-0.39, 0.29) is 11.9 Å². The number of aliphatic hydroxyl groups is 1. The molecule has 0 aromatic carbocycles. The van der Waals surface area contributed by atoms with E-state index in [1.54, 1.807) is 0 Å². The van der Waals surface area contributed by atoms with E-state index in [0.29, 0.717) is 18.9 Å². The number of nitrogens with zero attached hydrogens (tertiary/aromatic N) is 2. The van der Waals surface area contributed by atoms with Crippen molar-refractivity contribution < 1.29 is 18.0 Å². The second-order valence-electron chi connectivity index (χ2n) is 4.31. The predicted octanol–water partition coefficient (Wildman–Crippen LogP) is -0.429. The Balaban J connectivity index is 2.16. The molecule has 1 saturated heterocycles. The Bertz CT molecular complexity index is 498. The molecule has 2 heterocycles. The van der Waals surface area contributed by atoms with Crippen LogP contribution in [0.3, 0.4) is 0 Å². The molecule has 96 valence electrons. The molecular weight excluding hydrogens is 246 g/mol. The zero-order chi connectivity index (χ0) is 12.6. The van der Waals surface area contributed by atoms with E-state index >= 15 is 0 Å². The summed E-state index contributed by atoms with van der Waals surface area (Å²) in [6, 6.07) is -0.196. The fourth-order valence-corrected chi connectivity index (χ4v) is 2.13. The van der Waals surface area contributed by atoms with Crippen LogP contribution in [0.15, 0.2) is 4.52 Å². The number of aromatic nitrogens is 2. The second-order valence-corrected chi connectivity index (χ2v) is 6.68. The number of β-amino-alcohol motifs (C(OH)–C–C–N with tert-alkyl or cyclic N) is 1. The van der Waals surface area contributed by atoms with Crippen LogP contribution in [0.25, 0.3) is 0 Å². The van der Waals surface area contributed by atoms with E-state index in [0.717, 1.165) is 6.26 Å². The van der Waals surface area contributed by atoms with Gasteiger partial charge in [-0.25, -0.2) is 8.42 Å².